The zero-order valence-corrected chi connectivity index (χ0v) is 13.1. The van der Waals surface area contributed by atoms with Gasteiger partial charge in [-0.2, -0.15) is 5.26 Å². The Balaban J connectivity index is 2.12. The Kier molecular flexibility index (Phi) is 4.96. The smallest absolute Gasteiger partial charge is 0.221 e. The van der Waals surface area contributed by atoms with Crippen molar-refractivity contribution in [3.05, 3.63) is 58.1 Å². The molecule has 0 bridgehead atoms. The Morgan fingerprint density at radius 2 is 1.90 bits per heavy atom. The van der Waals surface area contributed by atoms with Crippen LogP contribution in [0.3, 0.4) is 0 Å². The summed E-state index contributed by atoms with van der Waals surface area (Å²) in [6.45, 7) is 2.08. The van der Waals surface area contributed by atoms with E-state index < -0.39 is 0 Å². The number of carbonyl (C=O) groups is 1. The van der Waals surface area contributed by atoms with Crippen molar-refractivity contribution in [3.8, 4) is 6.07 Å². The quantitative estimate of drug-likeness (QED) is 0.884. The lowest BCUT2D eigenvalue weighted by Gasteiger charge is -2.13. The number of amides is 1. The minimum atomic E-state index is -0.112. The first-order valence-corrected chi connectivity index (χ1v) is 7.18. The van der Waals surface area contributed by atoms with Crippen molar-refractivity contribution >= 4 is 33.2 Å². The summed E-state index contributed by atoms with van der Waals surface area (Å²) in [5, 5.41) is 14.9. The summed E-state index contributed by atoms with van der Waals surface area (Å²) in [5.74, 6) is -0.112. The molecule has 0 aromatic heterocycles. The number of nitrogens with one attached hydrogen (secondary N) is 2. The van der Waals surface area contributed by atoms with E-state index in [9.17, 15) is 4.79 Å². The second-order valence-corrected chi connectivity index (χ2v) is 5.45. The van der Waals surface area contributed by atoms with E-state index in [4.69, 9.17) is 5.26 Å². The van der Waals surface area contributed by atoms with Crippen LogP contribution in [0, 0.1) is 11.3 Å². The van der Waals surface area contributed by atoms with Crippen LogP contribution >= 0.6 is 15.9 Å². The highest BCUT2D eigenvalue weighted by molar-refractivity contribution is 9.10. The molecule has 5 heteroatoms. The van der Waals surface area contributed by atoms with Gasteiger partial charge in [0, 0.05) is 17.9 Å². The van der Waals surface area contributed by atoms with Gasteiger partial charge < -0.3 is 10.6 Å². The Bertz CT molecular complexity index is 690. The molecule has 0 unspecified atom stereocenters. The molecule has 2 aromatic rings. The normalized spacial score (nSPS) is 9.76. The molecule has 2 N–H and O–H groups in total. The fourth-order valence-corrected chi connectivity index (χ4v) is 2.22. The SMILES string of the molecule is CC(=O)Nc1ccc(Br)cc1NCc1ccc(C#N)cc1. The molecule has 0 fully saturated rings. The van der Waals surface area contributed by atoms with Gasteiger partial charge in [0.05, 0.1) is 23.0 Å². The lowest BCUT2D eigenvalue weighted by atomic mass is 10.1. The van der Waals surface area contributed by atoms with Crippen molar-refractivity contribution < 1.29 is 4.79 Å². The molecule has 0 radical (unpaired) electrons. The molecule has 4 nitrogen and oxygen atoms in total. The number of anilines is 2. The molecule has 2 rings (SSSR count). The molecule has 2 aromatic carbocycles. The number of hydrogen-bond acceptors (Lipinski definition) is 3. The molecule has 0 heterocycles. The Morgan fingerprint density at radius 1 is 1.19 bits per heavy atom. The highest BCUT2D eigenvalue weighted by Gasteiger charge is 2.05. The first kappa shape index (κ1) is 15.1. The van der Waals surface area contributed by atoms with Crippen molar-refractivity contribution in [2.75, 3.05) is 10.6 Å². The van der Waals surface area contributed by atoms with Crippen LogP contribution in [0.15, 0.2) is 46.9 Å². The van der Waals surface area contributed by atoms with Crippen LogP contribution in [-0.4, -0.2) is 5.91 Å². The van der Waals surface area contributed by atoms with Gasteiger partial charge in [-0.05, 0) is 35.9 Å². The van der Waals surface area contributed by atoms with Gasteiger partial charge in [0.1, 0.15) is 0 Å². The Hall–Kier alpha value is -2.32. The van der Waals surface area contributed by atoms with E-state index in [-0.39, 0.29) is 5.91 Å². The lowest BCUT2D eigenvalue weighted by Crippen LogP contribution is -2.09. The Labute approximate surface area is 131 Å². The van der Waals surface area contributed by atoms with Gasteiger partial charge in [-0.1, -0.05) is 28.1 Å². The molecule has 0 saturated heterocycles. The standard InChI is InChI=1S/C16H14BrN3O/c1-11(21)20-15-7-6-14(17)8-16(15)19-10-13-4-2-12(9-18)3-5-13/h2-8,19H,10H2,1H3,(H,20,21). The van der Waals surface area contributed by atoms with Gasteiger partial charge in [-0.3, -0.25) is 4.79 Å². The van der Waals surface area contributed by atoms with Crippen LogP contribution in [0.5, 0.6) is 0 Å². The topological polar surface area (TPSA) is 64.9 Å². The summed E-state index contributed by atoms with van der Waals surface area (Å²) < 4.78 is 0.930. The largest absolute Gasteiger partial charge is 0.379 e. The average Bonchev–Trinajstić information content (AvgIpc) is 2.47. The first-order chi connectivity index (χ1) is 10.1. The number of rotatable bonds is 4. The van der Waals surface area contributed by atoms with Crippen molar-refractivity contribution in [1.29, 1.82) is 5.26 Å². The number of carbonyl (C=O) groups excluding carboxylic acids is 1. The van der Waals surface area contributed by atoms with Crippen molar-refractivity contribution in [3.63, 3.8) is 0 Å². The highest BCUT2D eigenvalue weighted by Crippen LogP contribution is 2.26. The van der Waals surface area contributed by atoms with Gasteiger partial charge >= 0.3 is 0 Å². The predicted molar refractivity (Wildman–Crippen MR) is 86.9 cm³/mol. The molecular weight excluding hydrogens is 330 g/mol. The summed E-state index contributed by atoms with van der Waals surface area (Å²) in [4.78, 5) is 11.2. The van der Waals surface area contributed by atoms with E-state index in [2.05, 4.69) is 32.6 Å². The zero-order valence-electron chi connectivity index (χ0n) is 11.5. The Morgan fingerprint density at radius 3 is 2.52 bits per heavy atom. The molecule has 106 valence electrons. The van der Waals surface area contributed by atoms with E-state index in [1.54, 1.807) is 12.1 Å². The fraction of sp³-hybridized carbons (Fsp3) is 0.125. The second kappa shape index (κ2) is 6.91. The highest BCUT2D eigenvalue weighted by atomic mass is 79.9. The van der Waals surface area contributed by atoms with Crippen LogP contribution in [0.2, 0.25) is 0 Å². The zero-order chi connectivity index (χ0) is 15.2. The van der Waals surface area contributed by atoms with Crippen molar-refractivity contribution in [2.45, 2.75) is 13.5 Å². The number of hydrogen-bond donors (Lipinski definition) is 2. The van der Waals surface area contributed by atoms with E-state index >= 15 is 0 Å². The van der Waals surface area contributed by atoms with Crippen LogP contribution < -0.4 is 10.6 Å². The van der Waals surface area contributed by atoms with Gasteiger partial charge in [-0.15, -0.1) is 0 Å². The third-order valence-electron chi connectivity index (χ3n) is 2.86. The molecule has 0 aliphatic heterocycles. The van der Waals surface area contributed by atoms with Gasteiger partial charge in [0.15, 0.2) is 0 Å². The summed E-state index contributed by atoms with van der Waals surface area (Å²) in [6, 6.07) is 15.1. The summed E-state index contributed by atoms with van der Waals surface area (Å²) in [5.41, 5.74) is 3.27. The third kappa shape index (κ3) is 4.33. The fourth-order valence-electron chi connectivity index (χ4n) is 1.86. The van der Waals surface area contributed by atoms with E-state index in [0.29, 0.717) is 12.1 Å². The maximum atomic E-state index is 11.2. The number of halogens is 1. The third-order valence-corrected chi connectivity index (χ3v) is 3.35. The van der Waals surface area contributed by atoms with Crippen LogP contribution in [0.1, 0.15) is 18.1 Å². The van der Waals surface area contributed by atoms with Gasteiger partial charge in [0.2, 0.25) is 5.91 Å². The number of nitrogens with zero attached hydrogens (tertiary/aromatic N) is 1. The molecule has 0 saturated carbocycles. The van der Waals surface area contributed by atoms with Gasteiger partial charge in [0.25, 0.3) is 0 Å². The van der Waals surface area contributed by atoms with E-state index in [0.717, 1.165) is 21.4 Å². The van der Waals surface area contributed by atoms with Crippen LogP contribution in [-0.2, 0) is 11.3 Å². The molecular formula is C16H14BrN3O. The first-order valence-electron chi connectivity index (χ1n) is 6.38. The second-order valence-electron chi connectivity index (χ2n) is 4.53. The van der Waals surface area contributed by atoms with Crippen molar-refractivity contribution in [1.82, 2.24) is 0 Å². The molecule has 21 heavy (non-hydrogen) atoms. The lowest BCUT2D eigenvalue weighted by molar-refractivity contribution is -0.114. The number of benzene rings is 2. The predicted octanol–water partition coefficient (Wildman–Crippen LogP) is 3.89. The van der Waals surface area contributed by atoms with Crippen LogP contribution in [0.25, 0.3) is 0 Å². The molecule has 0 spiro atoms. The summed E-state index contributed by atoms with van der Waals surface area (Å²) >= 11 is 3.42. The minimum Gasteiger partial charge on any atom is -0.379 e. The molecule has 1 amide bonds. The van der Waals surface area contributed by atoms with Gasteiger partial charge in [-0.25, -0.2) is 0 Å². The maximum absolute atomic E-state index is 11.2. The molecule has 0 atom stereocenters. The number of nitriles is 1. The average molecular weight is 344 g/mol. The summed E-state index contributed by atoms with van der Waals surface area (Å²) in [7, 11) is 0. The van der Waals surface area contributed by atoms with E-state index in [1.807, 2.05) is 30.3 Å². The molecule has 0 aliphatic rings. The monoisotopic (exact) mass is 343 g/mol. The van der Waals surface area contributed by atoms with Crippen molar-refractivity contribution in [2.24, 2.45) is 0 Å². The van der Waals surface area contributed by atoms with Crippen LogP contribution in [0.4, 0.5) is 11.4 Å². The molecule has 0 aliphatic carbocycles. The minimum absolute atomic E-state index is 0.112. The van der Waals surface area contributed by atoms with E-state index in [1.165, 1.54) is 6.92 Å². The maximum Gasteiger partial charge on any atom is 0.221 e. The summed E-state index contributed by atoms with van der Waals surface area (Å²) in [6.07, 6.45) is 0.